The highest BCUT2D eigenvalue weighted by Crippen LogP contribution is 2.46. The molecule has 18 heavy (non-hydrogen) atoms. The highest BCUT2D eigenvalue weighted by molar-refractivity contribution is 7.11. The molecule has 3 N–H and O–H groups in total. The fourth-order valence-corrected chi connectivity index (χ4v) is 3.13. The van der Waals surface area contributed by atoms with E-state index in [1.165, 1.54) is 6.20 Å². The molecule has 0 amide bonds. The van der Waals surface area contributed by atoms with Crippen molar-refractivity contribution in [2.24, 2.45) is 5.84 Å². The van der Waals surface area contributed by atoms with Crippen molar-refractivity contribution < 1.29 is 17.9 Å². The van der Waals surface area contributed by atoms with Crippen molar-refractivity contribution in [2.75, 3.05) is 7.11 Å². The maximum Gasteiger partial charge on any atom is 0.443 e. The van der Waals surface area contributed by atoms with Gasteiger partial charge in [-0.05, 0) is 19.3 Å². The van der Waals surface area contributed by atoms with Gasteiger partial charge in [0.2, 0.25) is 0 Å². The van der Waals surface area contributed by atoms with Crippen molar-refractivity contribution in [2.45, 2.75) is 37.1 Å². The number of aromatic nitrogens is 1. The third kappa shape index (κ3) is 2.25. The molecule has 4 nitrogen and oxygen atoms in total. The average molecular weight is 281 g/mol. The van der Waals surface area contributed by atoms with Crippen molar-refractivity contribution in [3.05, 3.63) is 16.1 Å². The van der Waals surface area contributed by atoms with Gasteiger partial charge in [0.25, 0.3) is 0 Å². The Balaban J connectivity index is 2.26. The molecule has 1 heterocycles. The van der Waals surface area contributed by atoms with Crippen LogP contribution in [0.25, 0.3) is 0 Å². The zero-order valence-electron chi connectivity index (χ0n) is 9.75. The fraction of sp³-hybridized carbons (Fsp3) is 0.700. The van der Waals surface area contributed by atoms with Crippen molar-refractivity contribution in [3.63, 3.8) is 0 Å². The molecule has 1 aliphatic rings. The van der Waals surface area contributed by atoms with E-state index in [1.54, 1.807) is 7.11 Å². The second-order valence-electron chi connectivity index (χ2n) is 4.29. The molecule has 0 aromatic carbocycles. The van der Waals surface area contributed by atoms with Crippen LogP contribution < -0.4 is 11.3 Å². The first-order valence-electron chi connectivity index (χ1n) is 5.47. The van der Waals surface area contributed by atoms with Crippen LogP contribution in [-0.2, 0) is 10.9 Å². The van der Waals surface area contributed by atoms with Crippen molar-refractivity contribution in [3.8, 4) is 0 Å². The molecule has 1 aromatic rings. The third-order valence-electron chi connectivity index (χ3n) is 3.35. The standard InChI is InChI=1S/C10H14F3N3OS/c1-17-9(3-2-4-9)7(16-14)6-5-15-8(18-6)10(11,12)13/h5,7,16H,2-4,14H2,1H3. The van der Waals surface area contributed by atoms with Crippen LogP contribution in [0.4, 0.5) is 13.2 Å². The Morgan fingerprint density at radius 3 is 2.56 bits per heavy atom. The van der Waals surface area contributed by atoms with Gasteiger partial charge in [-0.2, -0.15) is 13.2 Å². The lowest BCUT2D eigenvalue weighted by molar-refractivity contribution is -0.137. The van der Waals surface area contributed by atoms with E-state index in [0.717, 1.165) is 19.3 Å². The molecule has 1 aliphatic carbocycles. The van der Waals surface area contributed by atoms with E-state index >= 15 is 0 Å². The molecule has 0 aliphatic heterocycles. The highest BCUT2D eigenvalue weighted by Gasteiger charge is 2.46. The molecule has 1 unspecified atom stereocenters. The maximum absolute atomic E-state index is 12.5. The minimum Gasteiger partial charge on any atom is -0.376 e. The lowest BCUT2D eigenvalue weighted by atomic mass is 9.74. The minimum atomic E-state index is -4.41. The number of nitrogens with one attached hydrogen (secondary N) is 1. The van der Waals surface area contributed by atoms with E-state index in [9.17, 15) is 13.2 Å². The molecule has 1 atom stereocenters. The number of halogens is 3. The maximum atomic E-state index is 12.5. The van der Waals surface area contributed by atoms with E-state index in [-0.39, 0.29) is 0 Å². The van der Waals surface area contributed by atoms with Gasteiger partial charge < -0.3 is 4.74 Å². The van der Waals surface area contributed by atoms with Gasteiger partial charge in [0.05, 0.1) is 11.6 Å². The summed E-state index contributed by atoms with van der Waals surface area (Å²) in [5.41, 5.74) is 2.05. The summed E-state index contributed by atoms with van der Waals surface area (Å²) in [6.07, 6.45) is -0.662. The zero-order valence-corrected chi connectivity index (χ0v) is 10.6. The van der Waals surface area contributed by atoms with Crippen LogP contribution in [0.2, 0.25) is 0 Å². The lowest BCUT2D eigenvalue weighted by Crippen LogP contribution is -2.52. The van der Waals surface area contributed by atoms with Crippen molar-refractivity contribution >= 4 is 11.3 Å². The predicted octanol–water partition coefficient (Wildman–Crippen LogP) is 2.24. The number of hydrazine groups is 1. The Hall–Kier alpha value is -0.700. The van der Waals surface area contributed by atoms with Crippen LogP contribution in [0, 0.1) is 0 Å². The Kier molecular flexibility index (Phi) is 3.63. The van der Waals surface area contributed by atoms with E-state index in [2.05, 4.69) is 10.4 Å². The lowest BCUT2D eigenvalue weighted by Gasteiger charge is -2.45. The van der Waals surface area contributed by atoms with Crippen molar-refractivity contribution in [1.29, 1.82) is 0 Å². The Bertz CT molecular complexity index is 411. The van der Waals surface area contributed by atoms with Gasteiger partial charge in [-0.25, -0.2) is 10.4 Å². The number of nitrogens with two attached hydrogens (primary N) is 1. The van der Waals surface area contributed by atoms with E-state index in [1.807, 2.05) is 0 Å². The first kappa shape index (κ1) is 13.7. The van der Waals surface area contributed by atoms with Crippen molar-refractivity contribution in [1.82, 2.24) is 10.4 Å². The number of hydrogen-bond donors (Lipinski definition) is 2. The molecule has 102 valence electrons. The number of hydrogen-bond acceptors (Lipinski definition) is 5. The van der Waals surface area contributed by atoms with Gasteiger partial charge in [0.1, 0.15) is 0 Å². The minimum absolute atomic E-state index is 0.450. The van der Waals surface area contributed by atoms with E-state index in [0.29, 0.717) is 16.2 Å². The summed E-state index contributed by atoms with van der Waals surface area (Å²) in [5.74, 6) is 5.46. The van der Waals surface area contributed by atoms with Crippen LogP contribution in [0.3, 0.4) is 0 Å². The first-order valence-corrected chi connectivity index (χ1v) is 6.29. The van der Waals surface area contributed by atoms with Crippen LogP contribution in [0.5, 0.6) is 0 Å². The molecular formula is C10H14F3N3OS. The quantitative estimate of drug-likeness (QED) is 0.656. The second-order valence-corrected chi connectivity index (χ2v) is 5.35. The molecule has 0 saturated heterocycles. The summed E-state index contributed by atoms with van der Waals surface area (Å²) < 4.78 is 43.0. The molecule has 1 aromatic heterocycles. The van der Waals surface area contributed by atoms with Gasteiger partial charge in [0, 0.05) is 18.2 Å². The molecule has 0 radical (unpaired) electrons. The molecule has 1 saturated carbocycles. The second kappa shape index (κ2) is 4.76. The van der Waals surface area contributed by atoms with Crippen LogP contribution >= 0.6 is 11.3 Å². The number of thiazole rings is 1. The molecule has 0 spiro atoms. The van der Waals surface area contributed by atoms with E-state index in [4.69, 9.17) is 10.6 Å². The number of rotatable bonds is 4. The zero-order chi connectivity index (χ0) is 13.4. The van der Waals surface area contributed by atoms with Gasteiger partial charge in [-0.15, -0.1) is 11.3 Å². The van der Waals surface area contributed by atoms with Crippen LogP contribution in [0.15, 0.2) is 6.20 Å². The topological polar surface area (TPSA) is 60.2 Å². The van der Waals surface area contributed by atoms with Crippen LogP contribution in [0.1, 0.15) is 35.2 Å². The predicted molar refractivity (Wildman–Crippen MR) is 60.8 cm³/mol. The highest BCUT2D eigenvalue weighted by atomic mass is 32.1. The molecule has 8 heteroatoms. The fourth-order valence-electron chi connectivity index (χ4n) is 2.18. The molecule has 0 bridgehead atoms. The summed E-state index contributed by atoms with van der Waals surface area (Å²) in [6, 6.07) is -0.454. The number of nitrogens with zero attached hydrogens (tertiary/aromatic N) is 1. The summed E-state index contributed by atoms with van der Waals surface area (Å²) in [5, 5.41) is -0.858. The summed E-state index contributed by atoms with van der Waals surface area (Å²) in [6.45, 7) is 0. The summed E-state index contributed by atoms with van der Waals surface area (Å²) in [7, 11) is 1.55. The molecular weight excluding hydrogens is 267 g/mol. The summed E-state index contributed by atoms with van der Waals surface area (Å²) >= 11 is 0.605. The Labute approximate surface area is 106 Å². The van der Waals surface area contributed by atoms with Gasteiger partial charge >= 0.3 is 6.18 Å². The molecule has 2 rings (SSSR count). The largest absolute Gasteiger partial charge is 0.443 e. The Morgan fingerprint density at radius 2 is 2.22 bits per heavy atom. The Morgan fingerprint density at radius 1 is 1.56 bits per heavy atom. The monoisotopic (exact) mass is 281 g/mol. The average Bonchev–Trinajstić information content (AvgIpc) is 2.71. The van der Waals surface area contributed by atoms with Gasteiger partial charge in [-0.3, -0.25) is 5.84 Å². The van der Waals surface area contributed by atoms with E-state index < -0.39 is 22.8 Å². The summed E-state index contributed by atoms with van der Waals surface area (Å²) in [4.78, 5) is 3.86. The third-order valence-corrected chi connectivity index (χ3v) is 4.46. The SMILES string of the molecule is COC1(C(NN)c2cnc(C(F)(F)F)s2)CCC1. The number of methoxy groups -OCH3 is 1. The van der Waals surface area contributed by atoms with Crippen LogP contribution in [-0.4, -0.2) is 17.7 Å². The van der Waals surface area contributed by atoms with Gasteiger partial charge in [-0.1, -0.05) is 0 Å². The normalized spacial score (nSPS) is 20.5. The first-order chi connectivity index (χ1) is 8.43. The molecule has 1 fully saturated rings. The smallest absolute Gasteiger partial charge is 0.376 e. The van der Waals surface area contributed by atoms with Gasteiger partial charge in [0.15, 0.2) is 5.01 Å². The number of alkyl halides is 3. The number of ether oxygens (including phenoxy) is 1.